The third-order valence-electron chi connectivity index (χ3n) is 5.12. The van der Waals surface area contributed by atoms with E-state index in [4.69, 9.17) is 4.74 Å². The maximum atomic E-state index is 13.4. The summed E-state index contributed by atoms with van der Waals surface area (Å²) in [7, 11) is 1.64. The number of Topliss-reactive ketones (excluding diaryl/α,β-unsaturated/α-hetero) is 1. The molecule has 0 saturated carbocycles. The first kappa shape index (κ1) is 18.6. The van der Waals surface area contributed by atoms with Crippen molar-refractivity contribution >= 4 is 17.5 Å². The highest BCUT2D eigenvalue weighted by molar-refractivity contribution is 8.00. The lowest BCUT2D eigenvalue weighted by Crippen LogP contribution is -2.39. The number of nitrogens with one attached hydrogen (secondary N) is 1. The number of aryl methyl sites for hydroxylation is 3. The van der Waals surface area contributed by atoms with Crippen molar-refractivity contribution in [3.05, 3.63) is 70.5 Å². The standard InChI is InChI=1S/C21H22N4O2S/c1-12-5-6-16(11-13(12)2)19(26)20-18(15-7-9-17(27-4)10-8-15)24-25-14(3)22-23-21(25)28-20/h5-11,18,20,24H,1-4H3. The summed E-state index contributed by atoms with van der Waals surface area (Å²) < 4.78 is 7.12. The zero-order valence-electron chi connectivity index (χ0n) is 16.3. The van der Waals surface area contributed by atoms with Gasteiger partial charge in [-0.1, -0.05) is 36.0 Å². The molecule has 2 atom stereocenters. The first-order chi connectivity index (χ1) is 13.5. The van der Waals surface area contributed by atoms with Gasteiger partial charge >= 0.3 is 0 Å². The van der Waals surface area contributed by atoms with Gasteiger partial charge in [0.15, 0.2) is 5.78 Å². The molecule has 0 saturated heterocycles. The number of benzene rings is 2. The van der Waals surface area contributed by atoms with Crippen LogP contribution in [0.25, 0.3) is 0 Å². The Hall–Kier alpha value is -2.80. The van der Waals surface area contributed by atoms with Crippen LogP contribution >= 0.6 is 11.8 Å². The van der Waals surface area contributed by atoms with Gasteiger partial charge in [0.1, 0.15) is 16.8 Å². The van der Waals surface area contributed by atoms with Crippen LogP contribution in [0.15, 0.2) is 47.6 Å². The second kappa shape index (κ2) is 7.31. The number of carbonyl (C=O) groups is 1. The molecule has 1 aromatic heterocycles. The zero-order chi connectivity index (χ0) is 19.8. The summed E-state index contributed by atoms with van der Waals surface area (Å²) in [4.78, 5) is 13.4. The van der Waals surface area contributed by atoms with E-state index in [1.807, 2.05) is 67.9 Å². The Morgan fingerprint density at radius 2 is 1.82 bits per heavy atom. The fourth-order valence-corrected chi connectivity index (χ4v) is 4.48. The minimum absolute atomic E-state index is 0.0771. The van der Waals surface area contributed by atoms with Crippen LogP contribution in [0.4, 0.5) is 0 Å². The molecule has 2 unspecified atom stereocenters. The van der Waals surface area contributed by atoms with Gasteiger partial charge in [-0.3, -0.25) is 4.79 Å². The van der Waals surface area contributed by atoms with E-state index < -0.39 is 0 Å². The molecule has 7 heteroatoms. The summed E-state index contributed by atoms with van der Waals surface area (Å²) in [5, 5.41) is 8.70. The van der Waals surface area contributed by atoms with Gasteiger partial charge in [-0.2, -0.15) is 0 Å². The number of aromatic nitrogens is 3. The van der Waals surface area contributed by atoms with Crippen LogP contribution in [0.5, 0.6) is 5.75 Å². The molecule has 1 aliphatic heterocycles. The van der Waals surface area contributed by atoms with Crippen molar-refractivity contribution in [3.63, 3.8) is 0 Å². The molecular weight excluding hydrogens is 372 g/mol. The number of thioether (sulfide) groups is 1. The van der Waals surface area contributed by atoms with E-state index >= 15 is 0 Å². The third kappa shape index (κ3) is 3.26. The average molecular weight is 395 g/mol. The molecule has 144 valence electrons. The summed E-state index contributed by atoms with van der Waals surface area (Å²) >= 11 is 1.45. The molecule has 3 aromatic rings. The average Bonchev–Trinajstić information content (AvgIpc) is 3.08. The van der Waals surface area contributed by atoms with Gasteiger partial charge < -0.3 is 10.2 Å². The number of ketones is 1. The lowest BCUT2D eigenvalue weighted by Gasteiger charge is -2.33. The number of hydrogen-bond donors (Lipinski definition) is 1. The van der Waals surface area contributed by atoms with Crippen LogP contribution in [-0.4, -0.2) is 33.0 Å². The molecule has 1 N–H and O–H groups in total. The van der Waals surface area contributed by atoms with Crippen molar-refractivity contribution < 1.29 is 9.53 Å². The maximum absolute atomic E-state index is 13.4. The van der Waals surface area contributed by atoms with Crippen LogP contribution in [0.3, 0.4) is 0 Å². The molecule has 0 bridgehead atoms. The smallest absolute Gasteiger partial charge is 0.210 e. The fraction of sp³-hybridized carbons (Fsp3) is 0.286. The van der Waals surface area contributed by atoms with Gasteiger partial charge in [-0.05, 0) is 55.7 Å². The Morgan fingerprint density at radius 3 is 2.50 bits per heavy atom. The Kier molecular flexibility index (Phi) is 4.85. The number of nitrogens with zero attached hydrogens (tertiary/aromatic N) is 3. The normalized spacial score (nSPS) is 18.3. The molecule has 4 rings (SSSR count). The van der Waals surface area contributed by atoms with Crippen molar-refractivity contribution in [2.45, 2.75) is 37.2 Å². The highest BCUT2D eigenvalue weighted by Crippen LogP contribution is 2.39. The van der Waals surface area contributed by atoms with Gasteiger partial charge in [-0.15, -0.1) is 10.2 Å². The predicted octanol–water partition coefficient (Wildman–Crippen LogP) is 3.85. The van der Waals surface area contributed by atoms with Crippen LogP contribution in [0, 0.1) is 20.8 Å². The van der Waals surface area contributed by atoms with Crippen molar-refractivity contribution in [2.75, 3.05) is 12.5 Å². The lowest BCUT2D eigenvalue weighted by molar-refractivity contribution is 0.0980. The molecule has 2 aromatic carbocycles. The minimum Gasteiger partial charge on any atom is -0.497 e. The molecule has 0 radical (unpaired) electrons. The van der Waals surface area contributed by atoms with Gasteiger partial charge in [0.2, 0.25) is 5.16 Å². The van der Waals surface area contributed by atoms with E-state index in [0.717, 1.165) is 22.7 Å². The van der Waals surface area contributed by atoms with E-state index in [2.05, 4.69) is 15.6 Å². The van der Waals surface area contributed by atoms with Gasteiger partial charge in [0.05, 0.1) is 13.2 Å². The van der Waals surface area contributed by atoms with E-state index in [9.17, 15) is 4.79 Å². The molecule has 0 aliphatic carbocycles. The second-order valence-corrected chi connectivity index (χ2v) is 8.06. The number of hydrogen-bond acceptors (Lipinski definition) is 6. The highest BCUT2D eigenvalue weighted by Gasteiger charge is 2.37. The SMILES string of the molecule is COc1ccc(C2Nn3c(C)nnc3SC2C(=O)c2ccc(C)c(C)c2)cc1. The summed E-state index contributed by atoms with van der Waals surface area (Å²) in [5.74, 6) is 1.62. The highest BCUT2D eigenvalue weighted by atomic mass is 32.2. The topological polar surface area (TPSA) is 69.0 Å². The van der Waals surface area contributed by atoms with Crippen molar-refractivity contribution in [1.29, 1.82) is 0 Å². The van der Waals surface area contributed by atoms with E-state index in [1.54, 1.807) is 7.11 Å². The first-order valence-corrected chi connectivity index (χ1v) is 9.96. The Labute approximate surface area is 168 Å². The molecule has 0 spiro atoms. The molecule has 0 fully saturated rings. The maximum Gasteiger partial charge on any atom is 0.210 e. The van der Waals surface area contributed by atoms with Gasteiger partial charge in [0.25, 0.3) is 0 Å². The molecule has 2 heterocycles. The number of rotatable bonds is 4. The monoisotopic (exact) mass is 394 g/mol. The van der Waals surface area contributed by atoms with E-state index in [0.29, 0.717) is 10.7 Å². The van der Waals surface area contributed by atoms with Crippen molar-refractivity contribution in [3.8, 4) is 5.75 Å². The second-order valence-electron chi connectivity index (χ2n) is 6.95. The molecular formula is C21H22N4O2S. The third-order valence-corrected chi connectivity index (χ3v) is 6.34. The van der Waals surface area contributed by atoms with E-state index in [-0.39, 0.29) is 17.1 Å². The van der Waals surface area contributed by atoms with Crippen LogP contribution in [0.2, 0.25) is 0 Å². The Morgan fingerprint density at radius 1 is 1.07 bits per heavy atom. The zero-order valence-corrected chi connectivity index (χ0v) is 17.1. The minimum atomic E-state index is -0.355. The molecule has 28 heavy (non-hydrogen) atoms. The van der Waals surface area contributed by atoms with Gasteiger partial charge in [0, 0.05) is 5.56 Å². The van der Waals surface area contributed by atoms with Crippen LogP contribution in [-0.2, 0) is 0 Å². The lowest BCUT2D eigenvalue weighted by atomic mass is 9.95. The van der Waals surface area contributed by atoms with E-state index in [1.165, 1.54) is 17.3 Å². The first-order valence-electron chi connectivity index (χ1n) is 9.08. The number of carbonyl (C=O) groups excluding carboxylic acids is 1. The van der Waals surface area contributed by atoms with Gasteiger partial charge in [-0.25, -0.2) is 4.68 Å². The van der Waals surface area contributed by atoms with Crippen LogP contribution < -0.4 is 10.2 Å². The summed E-state index contributed by atoms with van der Waals surface area (Å²) in [6, 6.07) is 13.5. The number of ether oxygens (including phenoxy) is 1. The summed E-state index contributed by atoms with van der Waals surface area (Å²) in [5.41, 5.74) is 7.44. The van der Waals surface area contributed by atoms with Crippen molar-refractivity contribution in [1.82, 2.24) is 14.9 Å². The Balaban J connectivity index is 1.74. The quantitative estimate of drug-likeness (QED) is 0.678. The fourth-order valence-electron chi connectivity index (χ4n) is 3.28. The molecule has 1 aliphatic rings. The molecule has 0 amide bonds. The summed E-state index contributed by atoms with van der Waals surface area (Å²) in [6.07, 6.45) is 0. The summed E-state index contributed by atoms with van der Waals surface area (Å²) in [6.45, 7) is 5.96. The Bertz CT molecular complexity index is 1030. The largest absolute Gasteiger partial charge is 0.497 e. The number of methoxy groups -OCH3 is 1. The number of fused-ring (bicyclic) bond motifs is 1. The molecule has 6 nitrogen and oxygen atoms in total. The van der Waals surface area contributed by atoms with Crippen LogP contribution in [0.1, 0.15) is 38.9 Å². The van der Waals surface area contributed by atoms with Crippen molar-refractivity contribution in [2.24, 2.45) is 0 Å². The predicted molar refractivity (Wildman–Crippen MR) is 110 cm³/mol.